The molecule has 0 saturated carbocycles. The van der Waals surface area contributed by atoms with Gasteiger partial charge in [-0.05, 0) is 47.9 Å². The van der Waals surface area contributed by atoms with Crippen molar-refractivity contribution in [2.75, 3.05) is 12.4 Å². The number of anilines is 1. The molecule has 0 aliphatic heterocycles. The number of rotatable bonds is 9. The summed E-state index contributed by atoms with van der Waals surface area (Å²) in [6.07, 6.45) is 2.14. The maximum absolute atomic E-state index is 12.4. The molecule has 1 heterocycles. The van der Waals surface area contributed by atoms with Gasteiger partial charge in [-0.2, -0.15) is 5.26 Å². The first-order valence-corrected chi connectivity index (χ1v) is 10.6. The normalized spacial score (nSPS) is 10.9. The number of hydrogen-bond acceptors (Lipinski definition) is 8. The van der Waals surface area contributed by atoms with Gasteiger partial charge in [-0.3, -0.25) is 10.1 Å². The number of carboxylic acid groups (broad SMARTS) is 1. The number of carboxylic acids is 1. The molecule has 0 atom stereocenters. The number of amides is 1. The van der Waals surface area contributed by atoms with Crippen LogP contribution in [0.5, 0.6) is 11.5 Å². The van der Waals surface area contributed by atoms with Crippen molar-refractivity contribution in [3.63, 3.8) is 0 Å². The fourth-order valence-electron chi connectivity index (χ4n) is 2.72. The first-order chi connectivity index (χ1) is 15.9. The van der Waals surface area contributed by atoms with Crippen LogP contribution < -0.4 is 14.8 Å². The number of aromatic carboxylic acids is 1. The summed E-state index contributed by atoms with van der Waals surface area (Å²) in [7, 11) is 1.48. The molecule has 0 aliphatic rings. The summed E-state index contributed by atoms with van der Waals surface area (Å²) in [4.78, 5) is 23.4. The van der Waals surface area contributed by atoms with Gasteiger partial charge < -0.3 is 14.6 Å². The Morgan fingerprint density at radius 3 is 2.55 bits per heavy atom. The number of methoxy groups -OCH3 is 1. The van der Waals surface area contributed by atoms with E-state index in [9.17, 15) is 14.9 Å². The number of nitrogens with one attached hydrogen (secondary N) is 1. The van der Waals surface area contributed by atoms with Gasteiger partial charge in [-0.15, -0.1) is 10.2 Å². The van der Waals surface area contributed by atoms with Gasteiger partial charge in [0.15, 0.2) is 11.5 Å². The minimum Gasteiger partial charge on any atom is -0.493 e. The molecule has 10 heteroatoms. The Hall–Kier alpha value is -4.23. The standard InChI is InChI=1S/C23H20N4O5S/c1-3-20-26-27-23(33-20)25-21(28)17(12-24)10-15-6-9-18(19(11-15)31-2)32-13-14-4-7-16(8-5-14)22(29)30/h4-11H,3,13H2,1-2H3,(H,29,30)(H,25,27,28). The van der Waals surface area contributed by atoms with Crippen molar-refractivity contribution in [2.45, 2.75) is 20.0 Å². The largest absolute Gasteiger partial charge is 0.493 e. The highest BCUT2D eigenvalue weighted by Crippen LogP contribution is 2.30. The van der Waals surface area contributed by atoms with E-state index in [1.165, 1.54) is 36.7 Å². The predicted molar refractivity (Wildman–Crippen MR) is 122 cm³/mol. The van der Waals surface area contributed by atoms with Crippen LogP contribution in [-0.4, -0.2) is 34.3 Å². The Balaban J connectivity index is 1.71. The van der Waals surface area contributed by atoms with Crippen molar-refractivity contribution in [3.8, 4) is 17.6 Å². The Morgan fingerprint density at radius 1 is 1.18 bits per heavy atom. The summed E-state index contributed by atoms with van der Waals surface area (Å²) in [5, 5.41) is 29.9. The van der Waals surface area contributed by atoms with Crippen LogP contribution in [0.4, 0.5) is 5.13 Å². The highest BCUT2D eigenvalue weighted by atomic mass is 32.1. The van der Waals surface area contributed by atoms with Crippen molar-refractivity contribution in [3.05, 3.63) is 69.7 Å². The van der Waals surface area contributed by atoms with Crippen LogP contribution in [-0.2, 0) is 17.8 Å². The molecule has 0 unspecified atom stereocenters. The van der Waals surface area contributed by atoms with Crippen LogP contribution in [0.15, 0.2) is 48.0 Å². The van der Waals surface area contributed by atoms with E-state index in [0.29, 0.717) is 28.6 Å². The second-order valence-electron chi connectivity index (χ2n) is 6.68. The third kappa shape index (κ3) is 6.15. The van der Waals surface area contributed by atoms with Gasteiger partial charge in [-0.1, -0.05) is 36.5 Å². The molecule has 0 spiro atoms. The van der Waals surface area contributed by atoms with Gasteiger partial charge in [0.2, 0.25) is 5.13 Å². The Kier molecular flexibility index (Phi) is 7.73. The molecule has 2 N–H and O–H groups in total. The van der Waals surface area contributed by atoms with Crippen molar-refractivity contribution < 1.29 is 24.2 Å². The second kappa shape index (κ2) is 10.9. The lowest BCUT2D eigenvalue weighted by Gasteiger charge is -2.12. The van der Waals surface area contributed by atoms with E-state index in [2.05, 4.69) is 15.5 Å². The summed E-state index contributed by atoms with van der Waals surface area (Å²) in [5.41, 5.74) is 1.46. The molecule has 0 fully saturated rings. The first kappa shape index (κ1) is 23.4. The number of ether oxygens (including phenoxy) is 2. The monoisotopic (exact) mass is 464 g/mol. The van der Waals surface area contributed by atoms with Crippen molar-refractivity contribution in [1.82, 2.24) is 10.2 Å². The molecular formula is C23H20N4O5S. The van der Waals surface area contributed by atoms with Crippen LogP contribution in [0.3, 0.4) is 0 Å². The topological polar surface area (TPSA) is 134 Å². The average Bonchev–Trinajstić information content (AvgIpc) is 3.29. The third-order valence-electron chi connectivity index (χ3n) is 4.45. The zero-order valence-electron chi connectivity index (χ0n) is 17.9. The van der Waals surface area contributed by atoms with Gasteiger partial charge in [0, 0.05) is 0 Å². The molecule has 0 radical (unpaired) electrons. The first-order valence-electron chi connectivity index (χ1n) is 9.82. The van der Waals surface area contributed by atoms with E-state index in [4.69, 9.17) is 14.6 Å². The van der Waals surface area contributed by atoms with Gasteiger partial charge in [0.1, 0.15) is 23.3 Å². The van der Waals surface area contributed by atoms with Crippen LogP contribution in [0, 0.1) is 11.3 Å². The van der Waals surface area contributed by atoms with Gasteiger partial charge in [-0.25, -0.2) is 4.79 Å². The molecule has 1 aromatic heterocycles. The fourth-order valence-corrected chi connectivity index (χ4v) is 3.40. The highest BCUT2D eigenvalue weighted by molar-refractivity contribution is 7.15. The van der Waals surface area contributed by atoms with Crippen molar-refractivity contribution in [2.24, 2.45) is 0 Å². The molecule has 0 bridgehead atoms. The Bertz CT molecular complexity index is 1230. The number of carbonyl (C=O) groups excluding carboxylic acids is 1. The number of nitrogens with zero attached hydrogens (tertiary/aromatic N) is 3. The van der Waals surface area contributed by atoms with Crippen LogP contribution in [0.1, 0.15) is 33.4 Å². The van der Waals surface area contributed by atoms with Crippen LogP contribution in [0.25, 0.3) is 6.08 Å². The Labute approximate surface area is 193 Å². The lowest BCUT2D eigenvalue weighted by atomic mass is 10.1. The molecule has 168 valence electrons. The maximum atomic E-state index is 12.4. The smallest absolute Gasteiger partial charge is 0.335 e. The number of nitriles is 1. The minimum absolute atomic E-state index is 0.0995. The summed E-state index contributed by atoms with van der Waals surface area (Å²) in [5.74, 6) is -0.700. The molecule has 2 aromatic carbocycles. The lowest BCUT2D eigenvalue weighted by Crippen LogP contribution is -2.13. The molecule has 33 heavy (non-hydrogen) atoms. The zero-order valence-corrected chi connectivity index (χ0v) is 18.7. The maximum Gasteiger partial charge on any atom is 0.335 e. The molecule has 0 saturated heterocycles. The molecule has 3 aromatic rings. The van der Waals surface area contributed by atoms with Gasteiger partial charge in [0.05, 0.1) is 12.7 Å². The Morgan fingerprint density at radius 2 is 1.94 bits per heavy atom. The number of benzene rings is 2. The van der Waals surface area contributed by atoms with E-state index in [1.807, 2.05) is 13.0 Å². The molecular weight excluding hydrogens is 444 g/mol. The van der Waals surface area contributed by atoms with E-state index >= 15 is 0 Å². The average molecular weight is 465 g/mol. The third-order valence-corrected chi connectivity index (χ3v) is 5.43. The highest BCUT2D eigenvalue weighted by Gasteiger charge is 2.14. The summed E-state index contributed by atoms with van der Waals surface area (Å²) in [6, 6.07) is 13.3. The summed E-state index contributed by atoms with van der Waals surface area (Å²) < 4.78 is 11.2. The number of aromatic nitrogens is 2. The second-order valence-corrected chi connectivity index (χ2v) is 7.74. The predicted octanol–water partition coefficient (Wildman–Crippen LogP) is 3.93. The quantitative estimate of drug-likeness (QED) is 0.359. The molecule has 3 rings (SSSR count). The minimum atomic E-state index is -0.993. The molecule has 1 amide bonds. The lowest BCUT2D eigenvalue weighted by molar-refractivity contribution is -0.112. The van der Waals surface area contributed by atoms with E-state index < -0.39 is 11.9 Å². The van der Waals surface area contributed by atoms with Crippen molar-refractivity contribution >= 4 is 34.4 Å². The molecule has 9 nitrogen and oxygen atoms in total. The summed E-state index contributed by atoms with van der Waals surface area (Å²) in [6.45, 7) is 2.14. The molecule has 0 aliphatic carbocycles. The number of hydrogen-bond donors (Lipinski definition) is 2. The fraction of sp³-hybridized carbons (Fsp3) is 0.174. The van der Waals surface area contributed by atoms with Crippen LogP contribution in [0.2, 0.25) is 0 Å². The van der Waals surface area contributed by atoms with E-state index in [1.54, 1.807) is 30.3 Å². The van der Waals surface area contributed by atoms with Crippen LogP contribution >= 0.6 is 11.3 Å². The van der Waals surface area contributed by atoms with E-state index in [0.717, 1.165) is 10.6 Å². The SMILES string of the molecule is CCc1nnc(NC(=O)C(C#N)=Cc2ccc(OCc3ccc(C(=O)O)cc3)c(OC)c2)s1. The number of aryl methyl sites for hydroxylation is 1. The van der Waals surface area contributed by atoms with Gasteiger partial charge in [0.25, 0.3) is 5.91 Å². The number of carbonyl (C=O) groups is 2. The zero-order chi connectivity index (χ0) is 23.8. The summed E-state index contributed by atoms with van der Waals surface area (Å²) >= 11 is 1.25. The van der Waals surface area contributed by atoms with E-state index in [-0.39, 0.29) is 17.7 Å². The van der Waals surface area contributed by atoms with Crippen molar-refractivity contribution in [1.29, 1.82) is 5.26 Å². The van der Waals surface area contributed by atoms with Gasteiger partial charge >= 0.3 is 5.97 Å².